The monoisotopic (exact) mass is 593 g/mol. The second kappa shape index (κ2) is 10.1. The molecule has 3 atom stereocenters. The number of benzene rings is 2. The van der Waals surface area contributed by atoms with Gasteiger partial charge in [-0.25, -0.2) is 4.79 Å². The molecule has 0 aliphatic heterocycles. The van der Waals surface area contributed by atoms with Crippen LogP contribution in [0.4, 0.5) is 27.5 Å². The number of carbonyl (C=O) groups excluding carboxylic acids is 4. The van der Waals surface area contributed by atoms with Gasteiger partial charge in [0.2, 0.25) is 5.78 Å². The Morgan fingerprint density at radius 3 is 2.33 bits per heavy atom. The van der Waals surface area contributed by atoms with Gasteiger partial charge in [0.05, 0.1) is 16.2 Å². The number of rotatable bonds is 5. The highest BCUT2D eigenvalue weighted by atomic mass is 16.6. The molecule has 0 aromatic heterocycles. The maximum atomic E-state index is 13.9. The molecule has 0 bridgehead atoms. The van der Waals surface area contributed by atoms with Crippen LogP contribution in [0.25, 0.3) is 0 Å². The number of urea groups is 1. The molecule has 3 aliphatic carbocycles. The first-order valence-electron chi connectivity index (χ1n) is 13.0. The summed E-state index contributed by atoms with van der Waals surface area (Å²) in [5.41, 5.74) is 1.74. The average Bonchev–Trinajstić information content (AvgIpc) is 2.92. The van der Waals surface area contributed by atoms with Gasteiger partial charge in [-0.1, -0.05) is 0 Å². The molecule has 0 radical (unpaired) electrons. The number of nitro groups is 1. The Balaban J connectivity index is 1.54. The summed E-state index contributed by atoms with van der Waals surface area (Å²) in [5.74, 6) is -7.54. The van der Waals surface area contributed by atoms with Crippen molar-refractivity contribution in [3.05, 3.63) is 74.2 Å². The number of Topliss-reactive ketones (excluding diaryl/α,β-unsaturated/α-hetero) is 2. The minimum atomic E-state index is -2.70. The highest BCUT2D eigenvalue weighted by molar-refractivity contribution is 6.24. The number of hydrogen-bond donors (Lipinski definition) is 7. The molecular weight excluding hydrogens is 566 g/mol. The first-order chi connectivity index (χ1) is 20.2. The quantitative estimate of drug-likeness (QED) is 0.115. The van der Waals surface area contributed by atoms with Gasteiger partial charge in [-0.05, 0) is 42.5 Å². The Labute approximate surface area is 243 Å². The third kappa shape index (κ3) is 4.50. The summed E-state index contributed by atoms with van der Waals surface area (Å²) in [6.45, 7) is 0. The number of nitrogens with zero attached hydrogens (tertiary/aromatic N) is 2. The fourth-order valence-corrected chi connectivity index (χ4v) is 6.11. The summed E-state index contributed by atoms with van der Waals surface area (Å²) in [7, 11) is 3.35. The van der Waals surface area contributed by atoms with Crippen LogP contribution in [0.3, 0.4) is 0 Å². The third-order valence-electron chi connectivity index (χ3n) is 8.10. The highest BCUT2D eigenvalue weighted by Gasteiger charge is 2.59. The molecule has 43 heavy (non-hydrogen) atoms. The molecule has 5 rings (SSSR count). The van der Waals surface area contributed by atoms with Crippen molar-refractivity contribution < 1.29 is 44.5 Å². The summed E-state index contributed by atoms with van der Waals surface area (Å²) in [5, 5.41) is 60.0. The highest BCUT2D eigenvalue weighted by Crippen LogP contribution is 2.53. The number of phenols is 1. The number of nitrogens with two attached hydrogens (primary N) is 1. The Morgan fingerprint density at radius 2 is 1.74 bits per heavy atom. The summed E-state index contributed by atoms with van der Waals surface area (Å²) in [6, 6.07) is 5.60. The standard InChI is InChI=1S/C28H27N5O10/c1-32(2)17-10-16(31-27(40)30-13-3-5-14(6-4-13)33(42)43)22(35)20-15(17)8-11-7-12-9-18(34)21(26(29)39)25(38)28(12,41)24(37)19(11)23(20)36/h3-6,10-12,34-35,37,41H,7-9H2,1-2H3,(H2,29,39)(H2,30,31,40)/t11-,12+,28+/m1/s1. The lowest BCUT2D eigenvalue weighted by Crippen LogP contribution is -2.57. The molecule has 0 unspecified atom stereocenters. The number of primary amides is 1. The van der Waals surface area contributed by atoms with Crippen LogP contribution in [-0.2, 0) is 16.0 Å². The van der Waals surface area contributed by atoms with E-state index in [0.717, 1.165) is 0 Å². The number of nitrogens with one attached hydrogen (secondary N) is 2. The second-order valence-corrected chi connectivity index (χ2v) is 10.8. The van der Waals surface area contributed by atoms with Crippen LogP contribution in [0, 0.1) is 22.0 Å². The molecule has 2 aromatic rings. The van der Waals surface area contributed by atoms with Crippen LogP contribution < -0.4 is 21.3 Å². The molecule has 8 N–H and O–H groups in total. The maximum Gasteiger partial charge on any atom is 0.323 e. The number of hydrogen-bond acceptors (Lipinski definition) is 11. The SMILES string of the molecule is CN(C)c1cc(NC(=O)Nc2ccc([N+](=O)[O-])cc2)c(O)c2c1C[C@H]1C[C@H]3CC(O)=C(C(N)=O)C(=O)[C@@]3(O)C(O)=C1C2=O. The molecule has 3 amide bonds. The van der Waals surface area contributed by atoms with Crippen molar-refractivity contribution in [1.82, 2.24) is 0 Å². The fourth-order valence-electron chi connectivity index (χ4n) is 6.11. The molecule has 0 spiro atoms. The van der Waals surface area contributed by atoms with Gasteiger partial charge in [-0.2, -0.15) is 0 Å². The van der Waals surface area contributed by atoms with E-state index in [0.29, 0.717) is 11.3 Å². The number of carbonyl (C=O) groups is 4. The lowest BCUT2D eigenvalue weighted by atomic mass is 9.60. The zero-order valence-electron chi connectivity index (χ0n) is 22.9. The van der Waals surface area contributed by atoms with E-state index >= 15 is 0 Å². The van der Waals surface area contributed by atoms with Crippen molar-refractivity contribution in [3.8, 4) is 5.75 Å². The van der Waals surface area contributed by atoms with Crippen molar-refractivity contribution in [2.45, 2.75) is 24.9 Å². The van der Waals surface area contributed by atoms with E-state index in [9.17, 15) is 49.7 Å². The van der Waals surface area contributed by atoms with Crippen LogP contribution in [0.2, 0.25) is 0 Å². The molecule has 15 heteroatoms. The lowest BCUT2D eigenvalue weighted by molar-refractivity contribution is -0.384. The molecule has 3 aliphatic rings. The largest absolute Gasteiger partial charge is 0.511 e. The second-order valence-electron chi connectivity index (χ2n) is 10.8. The first kappa shape index (κ1) is 29.1. The number of anilines is 3. The summed E-state index contributed by atoms with van der Waals surface area (Å²) in [4.78, 5) is 63.6. The minimum Gasteiger partial charge on any atom is -0.511 e. The van der Waals surface area contributed by atoms with Gasteiger partial charge >= 0.3 is 6.03 Å². The topological polar surface area (TPSA) is 246 Å². The first-order valence-corrected chi connectivity index (χ1v) is 13.0. The Kier molecular flexibility index (Phi) is 6.85. The Hall–Kier alpha value is -5.44. The molecule has 0 saturated carbocycles. The molecule has 0 heterocycles. The number of ketones is 2. The van der Waals surface area contributed by atoms with Crippen LogP contribution in [-0.4, -0.2) is 68.6 Å². The zero-order chi connectivity index (χ0) is 31.5. The molecule has 2 aromatic carbocycles. The Morgan fingerprint density at radius 1 is 1.09 bits per heavy atom. The number of allylic oxidation sites excluding steroid dienone is 2. The van der Waals surface area contributed by atoms with Gasteiger partial charge in [-0.3, -0.25) is 24.5 Å². The van der Waals surface area contributed by atoms with Gasteiger partial charge in [0.15, 0.2) is 17.1 Å². The summed E-state index contributed by atoms with van der Waals surface area (Å²) >= 11 is 0. The van der Waals surface area contributed by atoms with Crippen molar-refractivity contribution in [2.24, 2.45) is 17.6 Å². The van der Waals surface area contributed by atoms with E-state index < -0.39 is 68.7 Å². The van der Waals surface area contributed by atoms with Gasteiger partial charge in [0.25, 0.3) is 11.6 Å². The van der Waals surface area contributed by atoms with Gasteiger partial charge < -0.3 is 41.7 Å². The van der Waals surface area contributed by atoms with E-state index in [1.165, 1.54) is 30.3 Å². The van der Waals surface area contributed by atoms with Gasteiger partial charge in [0.1, 0.15) is 17.1 Å². The van der Waals surface area contributed by atoms with Crippen molar-refractivity contribution in [3.63, 3.8) is 0 Å². The van der Waals surface area contributed by atoms with E-state index in [1.807, 2.05) is 0 Å². The van der Waals surface area contributed by atoms with E-state index in [-0.39, 0.29) is 47.5 Å². The van der Waals surface area contributed by atoms with Gasteiger partial charge in [0, 0.05) is 55.5 Å². The normalized spacial score (nSPS) is 22.8. The van der Waals surface area contributed by atoms with E-state index in [1.54, 1.807) is 19.0 Å². The minimum absolute atomic E-state index is 0.0197. The van der Waals surface area contributed by atoms with Crippen LogP contribution in [0.15, 0.2) is 53.0 Å². The van der Waals surface area contributed by atoms with E-state index in [4.69, 9.17) is 5.73 Å². The van der Waals surface area contributed by atoms with Crippen LogP contribution in [0.1, 0.15) is 28.8 Å². The van der Waals surface area contributed by atoms with E-state index in [2.05, 4.69) is 10.6 Å². The van der Waals surface area contributed by atoms with Crippen LogP contribution >= 0.6 is 0 Å². The Bertz CT molecular complexity index is 1690. The van der Waals surface area contributed by atoms with Crippen molar-refractivity contribution >= 4 is 46.3 Å². The van der Waals surface area contributed by atoms with Crippen molar-refractivity contribution in [1.29, 1.82) is 0 Å². The van der Waals surface area contributed by atoms with Crippen LogP contribution in [0.5, 0.6) is 5.75 Å². The molecular formula is C28H27N5O10. The number of aliphatic hydroxyl groups excluding tert-OH is 2. The number of amides is 3. The maximum absolute atomic E-state index is 13.9. The molecule has 0 fully saturated rings. The predicted molar refractivity (Wildman–Crippen MR) is 151 cm³/mol. The number of aromatic hydroxyl groups is 1. The summed E-state index contributed by atoms with van der Waals surface area (Å²) < 4.78 is 0. The molecule has 0 saturated heterocycles. The summed E-state index contributed by atoms with van der Waals surface area (Å²) in [6.07, 6.45) is -0.271. The van der Waals surface area contributed by atoms with Gasteiger partial charge in [-0.15, -0.1) is 0 Å². The number of non-ortho nitro benzene ring substituents is 1. The average molecular weight is 594 g/mol. The lowest BCUT2D eigenvalue weighted by Gasteiger charge is -2.45. The number of fused-ring (bicyclic) bond motifs is 3. The predicted octanol–water partition coefficient (Wildman–Crippen LogP) is 2.20. The number of phenolic OH excluding ortho intramolecular Hbond substituents is 1. The zero-order valence-corrected chi connectivity index (χ0v) is 22.9. The molecule has 224 valence electrons. The number of aliphatic hydroxyl groups is 3. The fraction of sp³-hybridized carbons (Fsp3) is 0.286. The smallest absolute Gasteiger partial charge is 0.323 e. The number of nitro benzene ring substituents is 1. The third-order valence-corrected chi connectivity index (χ3v) is 8.10. The van der Waals surface area contributed by atoms with Crippen molar-refractivity contribution in [2.75, 3.05) is 29.6 Å². The molecule has 15 nitrogen and oxygen atoms in total.